The molecule has 0 aliphatic carbocycles. The van der Waals surface area contributed by atoms with Gasteiger partial charge in [0.15, 0.2) is 15.6 Å². The predicted molar refractivity (Wildman–Crippen MR) is 303 cm³/mol. The van der Waals surface area contributed by atoms with E-state index in [0.29, 0.717) is 35.7 Å². The summed E-state index contributed by atoms with van der Waals surface area (Å²) in [4.78, 5) is 30.1. The Hall–Kier alpha value is -9.21. The Morgan fingerprint density at radius 1 is 0.621 bits per heavy atom. The lowest BCUT2D eigenvalue weighted by Gasteiger charge is -2.16. The number of carbonyl (C=O) groups is 1. The zero-order valence-electron chi connectivity index (χ0n) is 42.9. The number of nitrogens with zero attached hydrogens (tertiary/aromatic N) is 10. The summed E-state index contributed by atoms with van der Waals surface area (Å²) in [5.74, 6) is -2.64. The SMILES string of the molecule is C=CS(=O)(=O)c1ccc(N=Nc2c(S(=O)(=O)O)cc3cc(S(=O)(=O)O)cc(Nc4nc(Cl)nc(NCC(C)Nc5nc(F)nc(Nc6ccc(N=Nc7cc8c(S(=O)(=O)O)cc(S(=O)(=O)O)cc8cc7S(=O)(=O)O)c(NC(N)=O)c6)n5)n4)c3c2O)cc1. The average molecular weight is 1340 g/mol. The van der Waals surface area contributed by atoms with Gasteiger partial charge >= 0.3 is 12.1 Å². The van der Waals surface area contributed by atoms with Crippen molar-refractivity contribution in [3.63, 3.8) is 0 Å². The molecule has 2 aromatic heterocycles. The fraction of sp³-hybridized carbons (Fsp3) is 0.0682. The van der Waals surface area contributed by atoms with Crippen molar-refractivity contribution in [1.82, 2.24) is 29.9 Å². The van der Waals surface area contributed by atoms with E-state index in [1.807, 2.05) is 0 Å². The number of rotatable bonds is 21. The van der Waals surface area contributed by atoms with Crippen LogP contribution >= 0.6 is 11.6 Å². The quantitative estimate of drug-likeness (QED) is 0.0262. The molecule has 8 rings (SSSR count). The van der Waals surface area contributed by atoms with Crippen molar-refractivity contribution in [3.8, 4) is 5.75 Å². The summed E-state index contributed by atoms with van der Waals surface area (Å²) < 4.78 is 212. The first-order valence-electron chi connectivity index (χ1n) is 23.1. The highest BCUT2D eigenvalue weighted by atomic mass is 35.5. The van der Waals surface area contributed by atoms with Gasteiger partial charge in [-0.3, -0.25) is 22.8 Å². The van der Waals surface area contributed by atoms with Gasteiger partial charge in [0, 0.05) is 34.5 Å². The zero-order valence-corrected chi connectivity index (χ0v) is 48.6. The summed E-state index contributed by atoms with van der Waals surface area (Å²) in [7, 11) is -30.0. The first-order chi connectivity index (χ1) is 40.4. The second kappa shape index (κ2) is 23.9. The molecular formula is C44H36ClFN16O19S6. The van der Waals surface area contributed by atoms with Crippen molar-refractivity contribution >= 4 is 163 Å². The van der Waals surface area contributed by atoms with Crippen molar-refractivity contribution in [2.24, 2.45) is 26.2 Å². The average Bonchev–Trinajstić information content (AvgIpc) is 0.801. The van der Waals surface area contributed by atoms with E-state index < -0.39 is 165 Å². The highest BCUT2D eigenvalue weighted by molar-refractivity contribution is 7.94. The molecule has 0 bridgehead atoms. The summed E-state index contributed by atoms with van der Waals surface area (Å²) in [5.41, 5.74) is 2.55. The van der Waals surface area contributed by atoms with Crippen molar-refractivity contribution < 1.29 is 87.6 Å². The van der Waals surface area contributed by atoms with Gasteiger partial charge in [0.05, 0.1) is 31.7 Å². The van der Waals surface area contributed by atoms with Crippen LogP contribution in [0.15, 0.2) is 147 Å². The van der Waals surface area contributed by atoms with E-state index in [-0.39, 0.29) is 46.1 Å². The fourth-order valence-electron chi connectivity index (χ4n) is 7.64. The van der Waals surface area contributed by atoms with Gasteiger partial charge < -0.3 is 37.4 Å². The van der Waals surface area contributed by atoms with E-state index in [9.17, 15) is 87.6 Å². The molecule has 35 nitrogen and oxygen atoms in total. The number of azo groups is 2. The Morgan fingerprint density at radius 2 is 1.20 bits per heavy atom. The number of phenols is 1. The van der Waals surface area contributed by atoms with Crippen LogP contribution in [0.1, 0.15) is 6.92 Å². The zero-order chi connectivity index (χ0) is 63.9. The van der Waals surface area contributed by atoms with E-state index in [1.165, 1.54) is 25.1 Å². The molecule has 0 saturated heterocycles. The number of urea groups is 1. The number of carbonyl (C=O) groups excluding carboxylic acids is 1. The van der Waals surface area contributed by atoms with Crippen LogP contribution in [0.3, 0.4) is 0 Å². The number of amides is 2. The third kappa shape index (κ3) is 15.3. The maximum absolute atomic E-state index is 14.9. The first kappa shape index (κ1) is 63.8. The van der Waals surface area contributed by atoms with Gasteiger partial charge in [0.2, 0.25) is 29.1 Å². The molecule has 0 saturated carbocycles. The largest absolute Gasteiger partial charge is 0.505 e. The molecule has 0 aliphatic rings. The number of phenolic OH excluding ortho intramolecular Hbond substituents is 1. The normalized spacial score (nSPS) is 13.0. The summed E-state index contributed by atoms with van der Waals surface area (Å²) in [5, 5.41) is 38.2. The molecule has 0 fully saturated rings. The van der Waals surface area contributed by atoms with E-state index in [4.69, 9.17) is 17.3 Å². The molecule has 8 aromatic rings. The van der Waals surface area contributed by atoms with Crippen LogP contribution in [0.4, 0.5) is 72.8 Å². The second-order valence-electron chi connectivity index (χ2n) is 17.5. The Morgan fingerprint density at radius 3 is 1.82 bits per heavy atom. The van der Waals surface area contributed by atoms with Crippen LogP contribution in [0, 0.1) is 6.08 Å². The van der Waals surface area contributed by atoms with Gasteiger partial charge in [-0.1, -0.05) is 6.58 Å². The number of anilines is 7. The molecule has 87 heavy (non-hydrogen) atoms. The number of hydrogen-bond acceptors (Lipinski definition) is 28. The monoisotopic (exact) mass is 1340 g/mol. The molecule has 43 heteroatoms. The number of fused-ring (bicyclic) bond motifs is 2. The van der Waals surface area contributed by atoms with Crippen LogP contribution in [-0.4, -0.2) is 127 Å². The lowest BCUT2D eigenvalue weighted by Crippen LogP contribution is -2.27. The highest BCUT2D eigenvalue weighted by Crippen LogP contribution is 2.46. The lowest BCUT2D eigenvalue weighted by molar-refractivity contribution is 0.259. The molecule has 1 atom stereocenters. The molecule has 13 N–H and O–H groups in total. The minimum Gasteiger partial charge on any atom is -0.505 e. The standard InChI is InChI=1S/C44H36ClFN16O19S6/c1-3-82(65,66)24-7-4-22(5-8-24)59-62-36-34(87(79,80)81)13-21-11-25(83(67,68)69)15-31(35(21)37(36)63)52-44-54-38(45)53-41(57-44)48-18-19(2)49-42-55-39(46)56-43(58-42)50-23-6-9-28(29(14-23)51-40(47)64)60-61-30-17-27-20(12-33(30)86(76,77)78)10-26(84(70,71)72)16-32(27)85(73,74)75/h3-17,19,63H,1,18H2,2H3,(H3,47,51,64)(H,67,68,69)(H,70,71,72)(H,73,74,75)(H,76,77,78)(H,79,80,81)(H2,48,52,53,54,57)(H2,49,50,55,56,58). The molecular weight excluding hydrogens is 1300 g/mol. The van der Waals surface area contributed by atoms with Crippen molar-refractivity contribution in [3.05, 3.63) is 108 Å². The van der Waals surface area contributed by atoms with Crippen molar-refractivity contribution in [1.29, 1.82) is 0 Å². The molecule has 0 spiro atoms. The van der Waals surface area contributed by atoms with Gasteiger partial charge in [-0.05, 0) is 114 Å². The van der Waals surface area contributed by atoms with E-state index >= 15 is 0 Å². The third-order valence-electron chi connectivity index (χ3n) is 11.4. The number of aromatic nitrogens is 6. The van der Waals surface area contributed by atoms with Crippen LogP contribution in [0.5, 0.6) is 5.75 Å². The van der Waals surface area contributed by atoms with Crippen molar-refractivity contribution in [2.75, 3.05) is 33.1 Å². The number of hydrogen-bond donors (Lipinski definition) is 12. The predicted octanol–water partition coefficient (Wildman–Crippen LogP) is 6.73. The smallest absolute Gasteiger partial charge is 0.316 e. The highest BCUT2D eigenvalue weighted by Gasteiger charge is 2.28. The summed E-state index contributed by atoms with van der Waals surface area (Å²) in [6.45, 7) is 4.62. The number of halogens is 2. The third-order valence-corrected chi connectivity index (χ3v) is 17.2. The minimum absolute atomic E-state index is 0.0115. The molecule has 1 unspecified atom stereocenters. The Kier molecular flexibility index (Phi) is 17.5. The Labute approximate surface area is 493 Å². The minimum atomic E-state index is -5.29. The Bertz CT molecular complexity index is 5000. The van der Waals surface area contributed by atoms with E-state index in [2.05, 4.69) is 83.5 Å². The number of sulfone groups is 1. The van der Waals surface area contributed by atoms with Crippen LogP contribution in [-0.2, 0) is 60.4 Å². The molecule has 0 radical (unpaired) electrons. The van der Waals surface area contributed by atoms with Gasteiger partial charge in [0.1, 0.15) is 31.7 Å². The maximum Gasteiger partial charge on any atom is 0.316 e. The summed E-state index contributed by atoms with van der Waals surface area (Å²) >= 11 is 6.22. The maximum atomic E-state index is 14.9. The van der Waals surface area contributed by atoms with Gasteiger partial charge in [-0.2, -0.15) is 81.5 Å². The number of primary amides is 1. The summed E-state index contributed by atoms with van der Waals surface area (Å²) in [6, 6.07) is 10.6. The van der Waals surface area contributed by atoms with Gasteiger partial charge in [0.25, 0.3) is 50.6 Å². The van der Waals surface area contributed by atoms with E-state index in [1.54, 1.807) is 0 Å². The molecule has 0 aliphatic heterocycles. The first-order valence-corrected chi connectivity index (χ1v) is 32.2. The number of nitrogens with one attached hydrogen (secondary N) is 5. The molecule has 456 valence electrons. The van der Waals surface area contributed by atoms with Crippen LogP contribution in [0.25, 0.3) is 21.5 Å². The summed E-state index contributed by atoms with van der Waals surface area (Å²) in [6.07, 6.45) is -1.33. The molecule has 2 amide bonds. The van der Waals surface area contributed by atoms with E-state index in [0.717, 1.165) is 36.4 Å². The fourth-order valence-corrected chi connectivity index (χ4v) is 11.7. The van der Waals surface area contributed by atoms with Crippen molar-refractivity contribution in [2.45, 2.75) is 42.3 Å². The number of benzene rings is 6. The number of nitrogens with two attached hydrogens (primary N) is 1. The lowest BCUT2D eigenvalue weighted by atomic mass is 10.1. The van der Waals surface area contributed by atoms with Gasteiger partial charge in [-0.15, -0.1) is 15.3 Å². The number of aromatic hydroxyl groups is 1. The Balaban J connectivity index is 1.02. The van der Waals surface area contributed by atoms with Crippen LogP contribution in [0.2, 0.25) is 5.28 Å². The molecule has 2 heterocycles. The second-order valence-corrected chi connectivity index (χ2v) is 26.7. The van der Waals surface area contributed by atoms with Crippen LogP contribution < -0.4 is 32.3 Å². The molecule has 6 aromatic carbocycles. The van der Waals surface area contributed by atoms with Gasteiger partial charge in [-0.25, -0.2) is 13.2 Å². The topological polar surface area (TPSA) is 556 Å².